The van der Waals surface area contributed by atoms with E-state index < -0.39 is 0 Å². The maximum absolute atomic E-state index is 11.4. The highest BCUT2D eigenvalue weighted by molar-refractivity contribution is 5.70. The van der Waals surface area contributed by atoms with Crippen LogP contribution >= 0.6 is 0 Å². The maximum atomic E-state index is 11.4. The molecule has 2 N–H and O–H groups in total. The van der Waals surface area contributed by atoms with E-state index >= 15 is 0 Å². The molecule has 0 aromatic carbocycles. The summed E-state index contributed by atoms with van der Waals surface area (Å²) < 4.78 is 4.96. The molecule has 1 aliphatic rings. The fourth-order valence-electron chi connectivity index (χ4n) is 2.24. The Morgan fingerprint density at radius 2 is 2.25 bits per heavy atom. The van der Waals surface area contributed by atoms with E-state index in [4.69, 9.17) is 10.5 Å². The Labute approximate surface area is 98.1 Å². The highest BCUT2D eigenvalue weighted by atomic mass is 16.5. The largest absolute Gasteiger partial charge is 0.466 e. The summed E-state index contributed by atoms with van der Waals surface area (Å²) in [6.45, 7) is 8.51. The van der Waals surface area contributed by atoms with Crippen LogP contribution in [0.2, 0.25) is 0 Å². The lowest BCUT2D eigenvalue weighted by molar-refractivity contribution is -0.144. The van der Waals surface area contributed by atoms with Crippen molar-refractivity contribution in [3.8, 4) is 0 Å². The molecule has 0 aromatic heterocycles. The molecule has 1 saturated heterocycles. The van der Waals surface area contributed by atoms with E-state index in [9.17, 15) is 4.79 Å². The minimum atomic E-state index is -0.0979. The van der Waals surface area contributed by atoms with Gasteiger partial charge in [0.25, 0.3) is 0 Å². The predicted octanol–water partition coefficient (Wildman–Crippen LogP) is 0.997. The van der Waals surface area contributed by atoms with E-state index in [0.717, 1.165) is 19.5 Å². The van der Waals surface area contributed by atoms with Crippen LogP contribution in [0.3, 0.4) is 0 Å². The molecule has 0 saturated carbocycles. The number of rotatable bonds is 5. The molecule has 0 spiro atoms. The summed E-state index contributed by atoms with van der Waals surface area (Å²) in [5.41, 5.74) is 5.89. The van der Waals surface area contributed by atoms with Gasteiger partial charge >= 0.3 is 5.97 Å². The third-order valence-corrected chi connectivity index (χ3v) is 3.39. The maximum Gasteiger partial charge on any atom is 0.307 e. The first-order valence-electron chi connectivity index (χ1n) is 6.19. The lowest BCUT2D eigenvalue weighted by Crippen LogP contribution is -2.35. The third kappa shape index (κ3) is 3.76. The smallest absolute Gasteiger partial charge is 0.307 e. The molecule has 0 amide bonds. The number of likely N-dealkylation sites (tertiary alicyclic amines) is 1. The minimum Gasteiger partial charge on any atom is -0.466 e. The molecule has 0 bridgehead atoms. The van der Waals surface area contributed by atoms with Crippen molar-refractivity contribution in [1.29, 1.82) is 0 Å². The molecule has 94 valence electrons. The van der Waals surface area contributed by atoms with Crippen LogP contribution in [-0.2, 0) is 9.53 Å². The Morgan fingerprint density at radius 1 is 1.56 bits per heavy atom. The van der Waals surface area contributed by atoms with Crippen molar-refractivity contribution in [2.45, 2.75) is 45.7 Å². The Kier molecular flexibility index (Phi) is 5.22. The summed E-state index contributed by atoms with van der Waals surface area (Å²) in [4.78, 5) is 13.7. The number of esters is 1. The minimum absolute atomic E-state index is 0.0979. The van der Waals surface area contributed by atoms with Gasteiger partial charge in [0, 0.05) is 18.6 Å². The predicted molar refractivity (Wildman–Crippen MR) is 64.0 cm³/mol. The van der Waals surface area contributed by atoms with Crippen molar-refractivity contribution < 1.29 is 9.53 Å². The molecule has 3 unspecified atom stereocenters. The molecule has 1 heterocycles. The zero-order chi connectivity index (χ0) is 12.1. The van der Waals surface area contributed by atoms with E-state index in [-0.39, 0.29) is 18.1 Å². The van der Waals surface area contributed by atoms with Crippen molar-refractivity contribution in [2.75, 3.05) is 19.7 Å². The zero-order valence-electron chi connectivity index (χ0n) is 10.6. The number of hydrogen-bond acceptors (Lipinski definition) is 4. The van der Waals surface area contributed by atoms with Gasteiger partial charge in [-0.2, -0.15) is 0 Å². The van der Waals surface area contributed by atoms with Crippen LogP contribution in [0.25, 0.3) is 0 Å². The number of hydrogen-bond donors (Lipinski definition) is 1. The molecule has 0 radical (unpaired) electrons. The Hall–Kier alpha value is -0.610. The second kappa shape index (κ2) is 6.21. The van der Waals surface area contributed by atoms with Gasteiger partial charge < -0.3 is 10.5 Å². The number of carbonyl (C=O) groups is 1. The first kappa shape index (κ1) is 13.5. The Morgan fingerprint density at radius 3 is 2.75 bits per heavy atom. The lowest BCUT2D eigenvalue weighted by atomic mass is 10.0. The van der Waals surface area contributed by atoms with Gasteiger partial charge in [0.05, 0.1) is 13.0 Å². The number of nitrogens with zero attached hydrogens (tertiary/aromatic N) is 1. The van der Waals surface area contributed by atoms with Gasteiger partial charge in [0.1, 0.15) is 0 Å². The van der Waals surface area contributed by atoms with Gasteiger partial charge in [-0.1, -0.05) is 0 Å². The Bertz CT molecular complexity index is 231. The highest BCUT2D eigenvalue weighted by Gasteiger charge is 2.29. The zero-order valence-corrected chi connectivity index (χ0v) is 10.6. The SMILES string of the molecule is CCOC(=O)CC(C)N1CCC(C(C)N)C1. The first-order valence-corrected chi connectivity index (χ1v) is 6.19. The first-order chi connectivity index (χ1) is 7.54. The van der Waals surface area contributed by atoms with Gasteiger partial charge in [-0.25, -0.2) is 0 Å². The van der Waals surface area contributed by atoms with Gasteiger partial charge in [0.15, 0.2) is 0 Å². The topological polar surface area (TPSA) is 55.6 Å². The lowest BCUT2D eigenvalue weighted by Gasteiger charge is -2.24. The average Bonchev–Trinajstić information content (AvgIpc) is 2.66. The van der Waals surface area contributed by atoms with Crippen LogP contribution < -0.4 is 5.73 Å². The summed E-state index contributed by atoms with van der Waals surface area (Å²) in [5, 5.41) is 0. The van der Waals surface area contributed by atoms with Crippen molar-refractivity contribution in [3.63, 3.8) is 0 Å². The fraction of sp³-hybridized carbons (Fsp3) is 0.917. The molecule has 4 nitrogen and oxygen atoms in total. The molecule has 4 heteroatoms. The summed E-state index contributed by atoms with van der Waals surface area (Å²) in [6, 6.07) is 0.516. The molecule has 16 heavy (non-hydrogen) atoms. The van der Waals surface area contributed by atoms with Gasteiger partial charge in [0.2, 0.25) is 0 Å². The molecule has 1 fully saturated rings. The molecule has 0 aliphatic carbocycles. The Balaban J connectivity index is 2.33. The molecule has 1 aliphatic heterocycles. The number of ether oxygens (including phenoxy) is 1. The second-order valence-corrected chi connectivity index (χ2v) is 4.76. The molecular weight excluding hydrogens is 204 g/mol. The quantitative estimate of drug-likeness (QED) is 0.713. The summed E-state index contributed by atoms with van der Waals surface area (Å²) in [6.07, 6.45) is 1.63. The van der Waals surface area contributed by atoms with Crippen LogP contribution in [0.15, 0.2) is 0 Å². The summed E-state index contributed by atoms with van der Waals surface area (Å²) in [7, 11) is 0. The van der Waals surface area contributed by atoms with Gasteiger partial charge in [-0.3, -0.25) is 9.69 Å². The van der Waals surface area contributed by atoms with Crippen molar-refractivity contribution in [2.24, 2.45) is 11.7 Å². The molecule has 1 rings (SSSR count). The highest BCUT2D eigenvalue weighted by Crippen LogP contribution is 2.21. The van der Waals surface area contributed by atoms with E-state index in [2.05, 4.69) is 18.7 Å². The van der Waals surface area contributed by atoms with E-state index in [1.807, 2.05) is 6.92 Å². The molecule has 0 aromatic rings. The normalized spacial score (nSPS) is 25.4. The monoisotopic (exact) mass is 228 g/mol. The number of nitrogens with two attached hydrogens (primary N) is 1. The molecule has 3 atom stereocenters. The molecular formula is C12H24N2O2. The summed E-state index contributed by atoms with van der Waals surface area (Å²) >= 11 is 0. The fourth-order valence-corrected chi connectivity index (χ4v) is 2.24. The van der Waals surface area contributed by atoms with E-state index in [1.165, 1.54) is 0 Å². The van der Waals surface area contributed by atoms with Crippen molar-refractivity contribution >= 4 is 5.97 Å². The van der Waals surface area contributed by atoms with Crippen molar-refractivity contribution in [3.05, 3.63) is 0 Å². The average molecular weight is 228 g/mol. The van der Waals surface area contributed by atoms with Gasteiger partial charge in [-0.15, -0.1) is 0 Å². The van der Waals surface area contributed by atoms with Crippen LogP contribution in [-0.4, -0.2) is 42.6 Å². The van der Waals surface area contributed by atoms with Crippen LogP contribution in [0.4, 0.5) is 0 Å². The third-order valence-electron chi connectivity index (χ3n) is 3.39. The van der Waals surface area contributed by atoms with E-state index in [1.54, 1.807) is 0 Å². The summed E-state index contributed by atoms with van der Waals surface area (Å²) in [5.74, 6) is 0.476. The standard InChI is InChI=1S/C12H24N2O2/c1-4-16-12(15)7-9(2)14-6-5-11(8-14)10(3)13/h9-11H,4-8,13H2,1-3H3. The van der Waals surface area contributed by atoms with Crippen molar-refractivity contribution in [1.82, 2.24) is 4.90 Å². The van der Waals surface area contributed by atoms with E-state index in [0.29, 0.717) is 18.9 Å². The number of carbonyl (C=O) groups excluding carboxylic acids is 1. The van der Waals surface area contributed by atoms with Crippen LogP contribution in [0, 0.1) is 5.92 Å². The van der Waals surface area contributed by atoms with Crippen LogP contribution in [0.1, 0.15) is 33.6 Å². The van der Waals surface area contributed by atoms with Crippen LogP contribution in [0.5, 0.6) is 0 Å². The van der Waals surface area contributed by atoms with Gasteiger partial charge in [-0.05, 0) is 39.7 Å². The second-order valence-electron chi connectivity index (χ2n) is 4.76.